The monoisotopic (exact) mass is 630 g/mol. The highest BCUT2D eigenvalue weighted by molar-refractivity contribution is 7.19. The Bertz CT molecular complexity index is 1480. The number of ether oxygens (including phenoxy) is 4. The minimum absolute atomic E-state index is 0.0129. The van der Waals surface area contributed by atoms with Gasteiger partial charge in [-0.05, 0) is 35.0 Å². The van der Waals surface area contributed by atoms with Crippen LogP contribution in [-0.2, 0) is 21.4 Å². The van der Waals surface area contributed by atoms with Gasteiger partial charge in [-0.1, -0.05) is 0 Å². The van der Waals surface area contributed by atoms with Crippen molar-refractivity contribution in [3.63, 3.8) is 0 Å². The average Bonchev–Trinajstić information content (AvgIpc) is 3.56. The minimum atomic E-state index is -3.30. The number of hydrogen-bond acceptors (Lipinski definition) is 8. The first-order valence-corrected chi connectivity index (χ1v) is 14.1. The fourth-order valence-electron chi connectivity index (χ4n) is 4.08. The number of carbonyl (C=O) groups is 2. The zero-order chi connectivity index (χ0) is 30.7. The molecule has 2 aromatic carbocycles. The summed E-state index contributed by atoms with van der Waals surface area (Å²) in [5.74, 6) is -8.05. The van der Waals surface area contributed by atoms with Crippen LogP contribution in [-0.4, -0.2) is 49.6 Å². The second-order valence-electron chi connectivity index (χ2n) is 9.20. The molecule has 0 aliphatic carbocycles. The summed E-state index contributed by atoms with van der Waals surface area (Å²) in [5, 5.41) is 18.5. The van der Waals surface area contributed by atoms with Crippen LogP contribution in [0.4, 0.5) is 17.6 Å². The SMILES string of the molecule is COc1cc2cc(C(F)(F)CCC(=O)O)sc2cc1OCCOc1cc2sc(C(F)(F)CCC(=O)O)cc2cc1OC. The maximum Gasteiger partial charge on any atom is 0.303 e. The van der Waals surface area contributed by atoms with Crippen molar-refractivity contribution in [1.82, 2.24) is 0 Å². The van der Waals surface area contributed by atoms with E-state index in [1.807, 2.05) is 0 Å². The Labute approximate surface area is 245 Å². The summed E-state index contributed by atoms with van der Waals surface area (Å²) in [6.07, 6.45) is -2.96. The first-order chi connectivity index (χ1) is 19.8. The van der Waals surface area contributed by atoms with Gasteiger partial charge in [-0.15, -0.1) is 22.7 Å². The Morgan fingerprint density at radius 2 is 1.05 bits per heavy atom. The van der Waals surface area contributed by atoms with Crippen molar-refractivity contribution >= 4 is 54.8 Å². The van der Waals surface area contributed by atoms with Crippen molar-refractivity contribution in [3.05, 3.63) is 46.2 Å². The van der Waals surface area contributed by atoms with Gasteiger partial charge in [-0.25, -0.2) is 17.6 Å². The summed E-state index contributed by atoms with van der Waals surface area (Å²) >= 11 is 1.66. The Balaban J connectivity index is 1.45. The number of alkyl halides is 4. The van der Waals surface area contributed by atoms with E-state index in [1.54, 1.807) is 24.3 Å². The molecule has 0 saturated heterocycles. The van der Waals surface area contributed by atoms with Gasteiger partial charge in [0.05, 0.1) is 36.8 Å². The number of rotatable bonds is 15. The molecule has 2 heterocycles. The summed E-state index contributed by atoms with van der Waals surface area (Å²) in [7, 11) is 2.81. The number of thiophene rings is 2. The van der Waals surface area contributed by atoms with E-state index in [-0.39, 0.29) is 34.5 Å². The molecule has 8 nitrogen and oxygen atoms in total. The predicted molar refractivity (Wildman–Crippen MR) is 149 cm³/mol. The molecule has 0 spiro atoms. The molecule has 0 amide bonds. The lowest BCUT2D eigenvalue weighted by Crippen LogP contribution is -2.13. The van der Waals surface area contributed by atoms with E-state index in [0.29, 0.717) is 31.7 Å². The molecule has 0 aliphatic heterocycles. The summed E-state index contributed by atoms with van der Waals surface area (Å²) < 4.78 is 81.4. The van der Waals surface area contributed by atoms with Crippen LogP contribution in [0.15, 0.2) is 36.4 Å². The van der Waals surface area contributed by atoms with E-state index in [4.69, 9.17) is 29.2 Å². The first kappa shape index (κ1) is 31.2. The lowest BCUT2D eigenvalue weighted by molar-refractivity contribution is -0.140. The quantitative estimate of drug-likeness (QED) is 0.103. The van der Waals surface area contributed by atoms with Crippen LogP contribution in [0, 0.1) is 0 Å². The number of methoxy groups -OCH3 is 2. The molecule has 2 aromatic heterocycles. The molecule has 0 bridgehead atoms. The Morgan fingerprint density at radius 3 is 1.38 bits per heavy atom. The summed E-state index contributed by atoms with van der Waals surface area (Å²) in [5.41, 5.74) is 0. The van der Waals surface area contributed by atoms with Gasteiger partial charge in [0.2, 0.25) is 0 Å². The van der Waals surface area contributed by atoms with E-state index in [2.05, 4.69) is 0 Å². The summed E-state index contributed by atoms with van der Waals surface area (Å²) in [6, 6.07) is 8.82. The highest BCUT2D eigenvalue weighted by Crippen LogP contribution is 2.45. The highest BCUT2D eigenvalue weighted by atomic mass is 32.1. The molecule has 2 N–H and O–H groups in total. The topological polar surface area (TPSA) is 112 Å². The lowest BCUT2D eigenvalue weighted by atomic mass is 10.1. The van der Waals surface area contributed by atoms with Crippen LogP contribution >= 0.6 is 22.7 Å². The number of hydrogen-bond donors (Lipinski definition) is 2. The van der Waals surface area contributed by atoms with Crippen molar-refractivity contribution in [2.24, 2.45) is 0 Å². The molecule has 4 aromatic rings. The molecule has 0 unspecified atom stereocenters. The molecule has 0 atom stereocenters. The molecular weight excluding hydrogens is 604 g/mol. The molecule has 0 fully saturated rings. The molecule has 42 heavy (non-hydrogen) atoms. The van der Waals surface area contributed by atoms with Crippen LogP contribution in [0.1, 0.15) is 35.4 Å². The van der Waals surface area contributed by atoms with Crippen LogP contribution in [0.3, 0.4) is 0 Å². The van der Waals surface area contributed by atoms with E-state index in [0.717, 1.165) is 22.7 Å². The Hall–Kier alpha value is -3.78. The highest BCUT2D eigenvalue weighted by Gasteiger charge is 2.35. The second-order valence-corrected chi connectivity index (χ2v) is 11.4. The molecule has 226 valence electrons. The number of carboxylic acids is 2. The van der Waals surface area contributed by atoms with E-state index in [9.17, 15) is 27.2 Å². The molecule has 0 saturated carbocycles. The Morgan fingerprint density at radius 1 is 0.667 bits per heavy atom. The number of aliphatic carboxylic acids is 2. The van der Waals surface area contributed by atoms with Gasteiger partial charge in [-0.2, -0.15) is 0 Å². The van der Waals surface area contributed by atoms with Crippen LogP contribution in [0.2, 0.25) is 0 Å². The number of fused-ring (bicyclic) bond motifs is 2. The normalized spacial score (nSPS) is 12.0. The maximum atomic E-state index is 14.5. The van der Waals surface area contributed by atoms with Crippen LogP contribution < -0.4 is 18.9 Å². The van der Waals surface area contributed by atoms with Gasteiger partial charge in [0.25, 0.3) is 11.8 Å². The van der Waals surface area contributed by atoms with Crippen molar-refractivity contribution in [3.8, 4) is 23.0 Å². The van der Waals surface area contributed by atoms with Crippen molar-refractivity contribution < 1.29 is 56.3 Å². The molecule has 4 rings (SSSR count). The maximum absolute atomic E-state index is 14.5. The third-order valence-corrected chi connectivity index (χ3v) is 8.65. The molecule has 0 aliphatic rings. The minimum Gasteiger partial charge on any atom is -0.493 e. The van der Waals surface area contributed by atoms with Crippen molar-refractivity contribution in [1.29, 1.82) is 0 Å². The van der Waals surface area contributed by atoms with Crippen LogP contribution in [0.25, 0.3) is 20.2 Å². The lowest BCUT2D eigenvalue weighted by Gasteiger charge is -2.13. The average molecular weight is 631 g/mol. The summed E-state index contributed by atoms with van der Waals surface area (Å²) in [6.45, 7) is 0.0258. The third kappa shape index (κ3) is 7.16. The smallest absolute Gasteiger partial charge is 0.303 e. The van der Waals surface area contributed by atoms with Crippen molar-refractivity contribution in [2.75, 3.05) is 27.4 Å². The fraction of sp³-hybridized carbons (Fsp3) is 0.357. The molecule has 0 radical (unpaired) electrons. The van der Waals surface area contributed by atoms with Gasteiger partial charge in [0, 0.05) is 34.4 Å². The van der Waals surface area contributed by atoms with Gasteiger partial charge in [0.1, 0.15) is 13.2 Å². The van der Waals surface area contributed by atoms with E-state index in [1.165, 1.54) is 26.4 Å². The van der Waals surface area contributed by atoms with Crippen molar-refractivity contribution in [2.45, 2.75) is 37.5 Å². The van der Waals surface area contributed by atoms with Gasteiger partial charge < -0.3 is 29.2 Å². The van der Waals surface area contributed by atoms with Gasteiger partial charge >= 0.3 is 11.9 Å². The number of benzene rings is 2. The third-order valence-electron chi connectivity index (χ3n) is 6.23. The van der Waals surface area contributed by atoms with Crippen LogP contribution in [0.5, 0.6) is 23.0 Å². The van der Waals surface area contributed by atoms with Gasteiger partial charge in [0.15, 0.2) is 23.0 Å². The molecule has 14 heteroatoms. The largest absolute Gasteiger partial charge is 0.493 e. The standard InChI is InChI=1S/C28H26F4O8S2/c1-37-17-9-15-11-23(27(29,30)5-3-25(33)34)41-21(15)13-19(17)39-7-8-40-20-14-22-16(10-18(20)38-2)12-24(42-22)28(31,32)6-4-26(35)36/h9-14H,3-8H2,1-2H3,(H,33,34)(H,35,36). The predicted octanol–water partition coefficient (Wildman–Crippen LogP) is 7.50. The van der Waals surface area contributed by atoms with E-state index >= 15 is 0 Å². The number of halogens is 4. The first-order valence-electron chi connectivity index (χ1n) is 12.5. The van der Waals surface area contributed by atoms with E-state index < -0.39 is 49.5 Å². The second kappa shape index (κ2) is 12.6. The zero-order valence-corrected chi connectivity index (χ0v) is 24.0. The van der Waals surface area contributed by atoms with Gasteiger partial charge in [-0.3, -0.25) is 9.59 Å². The Kier molecular flexibility index (Phi) is 9.36. The fourth-order valence-corrected chi connectivity index (χ4v) is 6.23. The summed E-state index contributed by atoms with van der Waals surface area (Å²) in [4.78, 5) is 21.0. The number of carboxylic acid groups (broad SMARTS) is 2. The zero-order valence-electron chi connectivity index (χ0n) is 22.4. The molecular formula is C28H26F4O8S2.